The van der Waals surface area contributed by atoms with Gasteiger partial charge in [-0.3, -0.25) is 4.79 Å². The lowest BCUT2D eigenvalue weighted by Gasteiger charge is -2.09. The molecule has 0 spiro atoms. The summed E-state index contributed by atoms with van der Waals surface area (Å²) in [4.78, 5) is 23.3. The Bertz CT molecular complexity index is 715. The summed E-state index contributed by atoms with van der Waals surface area (Å²) in [6.45, 7) is 1.84. The Morgan fingerprint density at radius 1 is 1.45 bits per heavy atom. The SMILES string of the molecule is CCOC(=O)c1nn(-c2ccc(Cl)cc2Br)ccc1=O. The third-order valence-corrected chi connectivity index (χ3v) is 3.30. The zero-order valence-corrected chi connectivity index (χ0v) is 12.8. The second-order valence-electron chi connectivity index (χ2n) is 3.79. The highest BCUT2D eigenvalue weighted by molar-refractivity contribution is 9.10. The van der Waals surface area contributed by atoms with E-state index in [4.69, 9.17) is 16.3 Å². The van der Waals surface area contributed by atoms with E-state index in [1.165, 1.54) is 16.9 Å². The van der Waals surface area contributed by atoms with Gasteiger partial charge in [0.25, 0.3) is 0 Å². The van der Waals surface area contributed by atoms with Gasteiger partial charge in [-0.2, -0.15) is 5.10 Å². The molecule has 5 nitrogen and oxygen atoms in total. The molecular weight excluding hydrogens is 348 g/mol. The zero-order valence-electron chi connectivity index (χ0n) is 10.5. The zero-order chi connectivity index (χ0) is 14.7. The van der Waals surface area contributed by atoms with Gasteiger partial charge in [0, 0.05) is 21.8 Å². The first-order valence-corrected chi connectivity index (χ1v) is 6.92. The molecule has 0 aliphatic heterocycles. The molecule has 1 aromatic heterocycles. The number of esters is 1. The van der Waals surface area contributed by atoms with E-state index in [2.05, 4.69) is 21.0 Å². The molecule has 7 heteroatoms. The minimum Gasteiger partial charge on any atom is -0.461 e. The van der Waals surface area contributed by atoms with Crippen molar-refractivity contribution >= 4 is 33.5 Å². The van der Waals surface area contributed by atoms with E-state index in [9.17, 15) is 9.59 Å². The number of carbonyl (C=O) groups is 1. The third kappa shape index (κ3) is 3.08. The van der Waals surface area contributed by atoms with Gasteiger partial charge in [-0.15, -0.1) is 0 Å². The molecule has 0 aliphatic rings. The van der Waals surface area contributed by atoms with E-state index in [-0.39, 0.29) is 12.3 Å². The molecule has 0 aliphatic carbocycles. The predicted octanol–water partition coefficient (Wildman–Crippen LogP) is 2.83. The Hall–Kier alpha value is -1.66. The molecule has 0 unspecified atom stereocenters. The smallest absolute Gasteiger partial charge is 0.362 e. The molecule has 1 aromatic carbocycles. The standard InChI is InChI=1S/C13H10BrClN2O3/c1-2-20-13(19)12-11(18)5-6-17(16-12)10-4-3-8(15)7-9(10)14/h3-7H,2H2,1H3. The molecule has 20 heavy (non-hydrogen) atoms. The molecule has 0 amide bonds. The fourth-order valence-electron chi connectivity index (χ4n) is 1.55. The maximum absolute atomic E-state index is 11.7. The summed E-state index contributed by atoms with van der Waals surface area (Å²) < 4.78 is 6.90. The summed E-state index contributed by atoms with van der Waals surface area (Å²) in [7, 11) is 0. The van der Waals surface area contributed by atoms with E-state index in [0.717, 1.165) is 0 Å². The Balaban J connectivity index is 2.51. The highest BCUT2D eigenvalue weighted by atomic mass is 79.9. The van der Waals surface area contributed by atoms with Crippen molar-refractivity contribution in [2.45, 2.75) is 6.92 Å². The number of hydrogen-bond donors (Lipinski definition) is 0. The van der Waals surface area contributed by atoms with Crippen molar-refractivity contribution in [3.05, 3.63) is 55.9 Å². The van der Waals surface area contributed by atoms with Gasteiger partial charge in [0.2, 0.25) is 11.1 Å². The van der Waals surface area contributed by atoms with Gasteiger partial charge in [-0.25, -0.2) is 9.48 Å². The topological polar surface area (TPSA) is 61.2 Å². The van der Waals surface area contributed by atoms with Crippen molar-refractivity contribution in [2.24, 2.45) is 0 Å². The van der Waals surface area contributed by atoms with Crippen LogP contribution in [0.1, 0.15) is 17.4 Å². The van der Waals surface area contributed by atoms with Crippen LogP contribution in [0.2, 0.25) is 5.02 Å². The van der Waals surface area contributed by atoms with Gasteiger partial charge >= 0.3 is 5.97 Å². The van der Waals surface area contributed by atoms with Gasteiger partial charge in [0.05, 0.1) is 12.3 Å². The summed E-state index contributed by atoms with van der Waals surface area (Å²) in [5.74, 6) is -0.739. The van der Waals surface area contributed by atoms with Crippen molar-refractivity contribution in [3.8, 4) is 5.69 Å². The van der Waals surface area contributed by atoms with Crippen molar-refractivity contribution in [3.63, 3.8) is 0 Å². The van der Waals surface area contributed by atoms with E-state index in [1.807, 2.05) is 0 Å². The molecule has 0 bridgehead atoms. The third-order valence-electron chi connectivity index (χ3n) is 2.43. The summed E-state index contributed by atoms with van der Waals surface area (Å²) in [5, 5.41) is 4.57. The maximum atomic E-state index is 11.7. The first kappa shape index (κ1) is 14.7. The molecule has 0 fully saturated rings. The van der Waals surface area contributed by atoms with Gasteiger partial charge in [-0.05, 0) is 41.1 Å². The van der Waals surface area contributed by atoms with Crippen LogP contribution >= 0.6 is 27.5 Å². The molecule has 1 heterocycles. The highest BCUT2D eigenvalue weighted by Gasteiger charge is 2.15. The quantitative estimate of drug-likeness (QED) is 0.793. The number of rotatable bonds is 3. The first-order chi connectivity index (χ1) is 9.52. The van der Waals surface area contributed by atoms with Crippen LogP contribution in [0.15, 0.2) is 39.7 Å². The van der Waals surface area contributed by atoms with Gasteiger partial charge in [0.1, 0.15) is 0 Å². The minimum absolute atomic E-state index is 0.180. The average Bonchev–Trinajstić information content (AvgIpc) is 2.40. The summed E-state index contributed by atoms with van der Waals surface area (Å²) in [6.07, 6.45) is 1.47. The average molecular weight is 358 g/mol. The lowest BCUT2D eigenvalue weighted by atomic mass is 10.3. The Kier molecular flexibility index (Phi) is 4.57. The molecule has 0 saturated carbocycles. The van der Waals surface area contributed by atoms with Crippen LogP contribution in [-0.4, -0.2) is 22.4 Å². The van der Waals surface area contributed by atoms with Crippen LogP contribution in [0.4, 0.5) is 0 Å². The van der Waals surface area contributed by atoms with Crippen LogP contribution in [0, 0.1) is 0 Å². The number of nitrogens with zero attached hydrogens (tertiary/aromatic N) is 2. The van der Waals surface area contributed by atoms with Crippen LogP contribution in [0.3, 0.4) is 0 Å². The normalized spacial score (nSPS) is 10.3. The molecule has 104 valence electrons. The molecule has 0 saturated heterocycles. The van der Waals surface area contributed by atoms with Crippen LogP contribution in [0.25, 0.3) is 5.69 Å². The van der Waals surface area contributed by atoms with Crippen molar-refractivity contribution < 1.29 is 9.53 Å². The second-order valence-corrected chi connectivity index (χ2v) is 5.08. The second kappa shape index (κ2) is 6.19. The van der Waals surface area contributed by atoms with Crippen LogP contribution in [-0.2, 0) is 4.74 Å². The molecule has 2 rings (SSSR count). The molecule has 0 radical (unpaired) electrons. The minimum atomic E-state index is -0.739. The summed E-state index contributed by atoms with van der Waals surface area (Å²) >= 11 is 9.22. The Morgan fingerprint density at radius 3 is 2.85 bits per heavy atom. The largest absolute Gasteiger partial charge is 0.461 e. The van der Waals surface area contributed by atoms with Crippen LogP contribution < -0.4 is 5.43 Å². The number of benzene rings is 1. The van der Waals surface area contributed by atoms with E-state index in [1.54, 1.807) is 25.1 Å². The van der Waals surface area contributed by atoms with Gasteiger partial charge < -0.3 is 4.74 Å². The predicted molar refractivity (Wildman–Crippen MR) is 78.5 cm³/mol. The number of aromatic nitrogens is 2. The van der Waals surface area contributed by atoms with Crippen LogP contribution in [0.5, 0.6) is 0 Å². The summed E-state index contributed by atoms with van der Waals surface area (Å²) in [5.41, 5.74) is -0.0825. The van der Waals surface area contributed by atoms with E-state index >= 15 is 0 Å². The molecule has 0 atom stereocenters. The maximum Gasteiger partial charge on any atom is 0.362 e. The van der Waals surface area contributed by atoms with E-state index < -0.39 is 11.4 Å². The lowest BCUT2D eigenvalue weighted by Crippen LogP contribution is -2.22. The molecule has 2 aromatic rings. The van der Waals surface area contributed by atoms with Crippen molar-refractivity contribution in [1.29, 1.82) is 0 Å². The highest BCUT2D eigenvalue weighted by Crippen LogP contribution is 2.23. The Morgan fingerprint density at radius 2 is 2.20 bits per heavy atom. The summed E-state index contributed by atoms with van der Waals surface area (Å²) in [6, 6.07) is 6.37. The molecular formula is C13H10BrClN2O3. The Labute approximate surface area is 128 Å². The lowest BCUT2D eigenvalue weighted by molar-refractivity contribution is 0.0515. The fraction of sp³-hybridized carbons (Fsp3) is 0.154. The van der Waals surface area contributed by atoms with Gasteiger partial charge in [0.15, 0.2) is 0 Å². The monoisotopic (exact) mass is 356 g/mol. The number of hydrogen-bond acceptors (Lipinski definition) is 4. The van der Waals surface area contributed by atoms with E-state index in [0.29, 0.717) is 15.2 Å². The number of ether oxygens (including phenoxy) is 1. The van der Waals surface area contributed by atoms with Gasteiger partial charge in [-0.1, -0.05) is 11.6 Å². The van der Waals surface area contributed by atoms with Crippen molar-refractivity contribution in [2.75, 3.05) is 6.61 Å². The number of carbonyl (C=O) groups excluding carboxylic acids is 1. The van der Waals surface area contributed by atoms with Crippen molar-refractivity contribution in [1.82, 2.24) is 9.78 Å². The number of halogens is 2. The molecule has 0 N–H and O–H groups in total. The first-order valence-electron chi connectivity index (χ1n) is 5.75. The fourth-order valence-corrected chi connectivity index (χ4v) is 2.41.